The quantitative estimate of drug-likeness (QED) is 0.743. The first kappa shape index (κ1) is 14.9. The summed E-state index contributed by atoms with van der Waals surface area (Å²) < 4.78 is 0. The molecule has 2 aromatic rings. The average Bonchev–Trinajstić information content (AvgIpc) is 2.91. The van der Waals surface area contributed by atoms with Gasteiger partial charge >= 0.3 is 0 Å². The zero-order valence-electron chi connectivity index (χ0n) is 10.9. The second kappa shape index (κ2) is 7.95. The van der Waals surface area contributed by atoms with Crippen LogP contribution in [0, 0.1) is 0 Å². The van der Waals surface area contributed by atoms with Crippen molar-refractivity contribution in [1.82, 2.24) is 5.32 Å². The number of thioether (sulfide) groups is 1. The van der Waals surface area contributed by atoms with Crippen LogP contribution in [-0.4, -0.2) is 18.3 Å². The molecule has 0 amide bonds. The van der Waals surface area contributed by atoms with Crippen molar-refractivity contribution in [2.24, 2.45) is 0 Å². The molecule has 2 rings (SSSR count). The Labute approximate surface area is 128 Å². The van der Waals surface area contributed by atoms with E-state index >= 15 is 0 Å². The normalized spacial score (nSPS) is 12.5. The first-order valence-electron chi connectivity index (χ1n) is 6.42. The van der Waals surface area contributed by atoms with Crippen molar-refractivity contribution in [3.63, 3.8) is 0 Å². The van der Waals surface area contributed by atoms with Crippen LogP contribution in [0.3, 0.4) is 0 Å². The largest absolute Gasteiger partial charge is 0.313 e. The van der Waals surface area contributed by atoms with Gasteiger partial charge in [0.05, 0.1) is 5.02 Å². The molecular formula is C15H18ClNS2. The minimum Gasteiger partial charge on any atom is -0.313 e. The predicted molar refractivity (Wildman–Crippen MR) is 87.7 cm³/mol. The molecule has 0 bridgehead atoms. The van der Waals surface area contributed by atoms with Gasteiger partial charge < -0.3 is 5.32 Å². The van der Waals surface area contributed by atoms with Crippen molar-refractivity contribution in [3.8, 4) is 0 Å². The zero-order valence-corrected chi connectivity index (χ0v) is 13.3. The summed E-state index contributed by atoms with van der Waals surface area (Å²) in [4.78, 5) is 2.60. The molecule has 1 N–H and O–H groups in total. The van der Waals surface area contributed by atoms with Gasteiger partial charge in [-0.2, -0.15) is 0 Å². The molecule has 102 valence electrons. The number of hydrogen-bond donors (Lipinski definition) is 1. The van der Waals surface area contributed by atoms with Crippen molar-refractivity contribution < 1.29 is 0 Å². The fourth-order valence-electron chi connectivity index (χ4n) is 1.90. The van der Waals surface area contributed by atoms with Crippen molar-refractivity contribution in [2.45, 2.75) is 24.3 Å². The summed E-state index contributed by atoms with van der Waals surface area (Å²) in [6.45, 7) is 3.15. The van der Waals surface area contributed by atoms with Gasteiger partial charge in [-0.15, -0.1) is 23.1 Å². The third-order valence-corrected chi connectivity index (χ3v) is 5.37. The summed E-state index contributed by atoms with van der Waals surface area (Å²) in [6, 6.07) is 12.9. The van der Waals surface area contributed by atoms with Gasteiger partial charge in [-0.25, -0.2) is 0 Å². The number of halogens is 1. The van der Waals surface area contributed by atoms with E-state index in [1.54, 1.807) is 0 Å². The Balaban J connectivity index is 1.91. The summed E-state index contributed by atoms with van der Waals surface area (Å²) in [7, 11) is 0. The lowest BCUT2D eigenvalue weighted by Crippen LogP contribution is -2.32. The van der Waals surface area contributed by atoms with Gasteiger partial charge in [-0.1, -0.05) is 36.7 Å². The SMILES string of the molecule is CCNC(CSc1ccccc1Cl)Cc1cccs1. The molecule has 0 radical (unpaired) electrons. The highest BCUT2D eigenvalue weighted by Gasteiger charge is 2.10. The standard InChI is InChI=1S/C15H18ClNS2/c1-2-17-12(10-13-6-5-9-18-13)11-19-15-8-4-3-7-14(15)16/h3-9,12,17H,2,10-11H2,1H3. The molecule has 1 atom stereocenters. The second-order valence-corrected chi connectivity index (χ2v) is 6.78. The van der Waals surface area contributed by atoms with Crippen LogP contribution >= 0.6 is 34.7 Å². The molecular weight excluding hydrogens is 294 g/mol. The van der Waals surface area contributed by atoms with E-state index in [1.807, 2.05) is 41.3 Å². The van der Waals surface area contributed by atoms with Crippen LogP contribution in [0.4, 0.5) is 0 Å². The van der Waals surface area contributed by atoms with Crippen LogP contribution < -0.4 is 5.32 Å². The van der Waals surface area contributed by atoms with E-state index in [-0.39, 0.29) is 0 Å². The van der Waals surface area contributed by atoms with Crippen molar-refractivity contribution >= 4 is 34.7 Å². The Kier molecular flexibility index (Phi) is 6.24. The van der Waals surface area contributed by atoms with E-state index in [9.17, 15) is 0 Å². The Morgan fingerprint density at radius 1 is 1.26 bits per heavy atom. The molecule has 4 heteroatoms. The molecule has 0 fully saturated rings. The van der Waals surface area contributed by atoms with Crippen molar-refractivity contribution in [1.29, 1.82) is 0 Å². The fraction of sp³-hybridized carbons (Fsp3) is 0.333. The van der Waals surface area contributed by atoms with Crippen LogP contribution in [-0.2, 0) is 6.42 Å². The number of likely N-dealkylation sites (N-methyl/N-ethyl adjacent to an activating group) is 1. The Hall–Kier alpha value is -0.480. The highest BCUT2D eigenvalue weighted by Crippen LogP contribution is 2.27. The average molecular weight is 312 g/mol. The Morgan fingerprint density at radius 2 is 2.11 bits per heavy atom. The van der Waals surface area contributed by atoms with Crippen LogP contribution in [0.15, 0.2) is 46.7 Å². The van der Waals surface area contributed by atoms with Gasteiger partial charge in [-0.3, -0.25) is 0 Å². The molecule has 0 aliphatic heterocycles. The van der Waals surface area contributed by atoms with Gasteiger partial charge in [0.25, 0.3) is 0 Å². The van der Waals surface area contributed by atoms with Crippen LogP contribution in [0.1, 0.15) is 11.8 Å². The summed E-state index contributed by atoms with van der Waals surface area (Å²) in [5, 5.41) is 6.54. The zero-order chi connectivity index (χ0) is 13.5. The minimum absolute atomic E-state index is 0.491. The molecule has 1 aromatic carbocycles. The minimum atomic E-state index is 0.491. The van der Waals surface area contributed by atoms with E-state index in [4.69, 9.17) is 11.6 Å². The smallest absolute Gasteiger partial charge is 0.0541 e. The number of nitrogens with one attached hydrogen (secondary N) is 1. The lowest BCUT2D eigenvalue weighted by molar-refractivity contribution is 0.576. The van der Waals surface area contributed by atoms with Gasteiger partial charge in [0.2, 0.25) is 0 Å². The maximum atomic E-state index is 6.19. The molecule has 0 aliphatic rings. The third-order valence-electron chi connectivity index (χ3n) is 2.80. The number of benzene rings is 1. The molecule has 0 spiro atoms. The molecule has 1 unspecified atom stereocenters. The Morgan fingerprint density at radius 3 is 2.79 bits per heavy atom. The fourth-order valence-corrected chi connectivity index (χ4v) is 3.99. The van der Waals surface area contributed by atoms with E-state index in [0.717, 1.165) is 23.7 Å². The monoisotopic (exact) mass is 311 g/mol. The lowest BCUT2D eigenvalue weighted by Gasteiger charge is -2.17. The molecule has 0 saturated heterocycles. The van der Waals surface area contributed by atoms with Crippen LogP contribution in [0.2, 0.25) is 5.02 Å². The van der Waals surface area contributed by atoms with Crippen molar-refractivity contribution in [2.75, 3.05) is 12.3 Å². The van der Waals surface area contributed by atoms with E-state index in [0.29, 0.717) is 6.04 Å². The molecule has 1 nitrogen and oxygen atoms in total. The number of thiophene rings is 1. The first-order chi connectivity index (χ1) is 9.29. The van der Waals surface area contributed by atoms with Gasteiger partial charge in [0.15, 0.2) is 0 Å². The Bertz CT molecular complexity index is 485. The molecule has 0 saturated carbocycles. The summed E-state index contributed by atoms with van der Waals surface area (Å²) in [6.07, 6.45) is 1.09. The summed E-state index contributed by atoms with van der Waals surface area (Å²) >= 11 is 9.84. The molecule has 0 aliphatic carbocycles. The second-order valence-electron chi connectivity index (χ2n) is 4.28. The van der Waals surface area contributed by atoms with Crippen LogP contribution in [0.5, 0.6) is 0 Å². The van der Waals surface area contributed by atoms with E-state index in [2.05, 4.69) is 35.8 Å². The number of rotatable bonds is 7. The predicted octanol–water partition coefficient (Wildman–Crippen LogP) is 4.71. The van der Waals surface area contributed by atoms with E-state index < -0.39 is 0 Å². The lowest BCUT2D eigenvalue weighted by atomic mass is 10.2. The summed E-state index contributed by atoms with van der Waals surface area (Å²) in [5.41, 5.74) is 0. The molecule has 1 heterocycles. The third kappa shape index (κ3) is 4.84. The molecule has 19 heavy (non-hydrogen) atoms. The summed E-state index contributed by atoms with van der Waals surface area (Å²) in [5.74, 6) is 1.04. The van der Waals surface area contributed by atoms with Gasteiger partial charge in [0, 0.05) is 21.6 Å². The van der Waals surface area contributed by atoms with Gasteiger partial charge in [-0.05, 0) is 36.5 Å². The maximum Gasteiger partial charge on any atom is 0.0541 e. The van der Waals surface area contributed by atoms with Crippen LogP contribution in [0.25, 0.3) is 0 Å². The molecule has 1 aromatic heterocycles. The highest BCUT2D eigenvalue weighted by atomic mass is 35.5. The van der Waals surface area contributed by atoms with Crippen molar-refractivity contribution in [3.05, 3.63) is 51.7 Å². The first-order valence-corrected chi connectivity index (χ1v) is 8.67. The maximum absolute atomic E-state index is 6.19. The highest BCUT2D eigenvalue weighted by molar-refractivity contribution is 7.99. The van der Waals surface area contributed by atoms with E-state index in [1.165, 1.54) is 9.77 Å². The topological polar surface area (TPSA) is 12.0 Å². The van der Waals surface area contributed by atoms with Gasteiger partial charge in [0.1, 0.15) is 0 Å². The number of hydrogen-bond acceptors (Lipinski definition) is 3.